The number of anilines is 1. The minimum absolute atomic E-state index is 0.135. The van der Waals surface area contributed by atoms with E-state index in [1.165, 1.54) is 10.9 Å². The number of rotatable bonds is 5. The summed E-state index contributed by atoms with van der Waals surface area (Å²) in [7, 11) is 0. The number of hydrogen-bond acceptors (Lipinski definition) is 6. The molecule has 0 radical (unpaired) electrons. The molecule has 1 aromatic carbocycles. The van der Waals surface area contributed by atoms with E-state index in [1.807, 2.05) is 6.07 Å². The highest BCUT2D eigenvalue weighted by molar-refractivity contribution is 7.99. The Hall–Kier alpha value is -2.53. The van der Waals surface area contributed by atoms with E-state index in [1.54, 1.807) is 11.8 Å². The molecule has 2 aromatic heterocycles. The molecule has 5 rings (SSSR count). The van der Waals surface area contributed by atoms with Crippen molar-refractivity contribution in [2.75, 3.05) is 23.7 Å². The molecule has 2 aliphatic rings. The SMILES string of the molecule is CC1CN(c2nc(SCCc3c[nH]c4ccccc34)c(C#N)c3c2COC(C)(C)C3)CC(C)O1. The first-order valence-corrected chi connectivity index (χ1v) is 13.0. The first-order valence-electron chi connectivity index (χ1n) is 12.0. The van der Waals surface area contributed by atoms with Crippen molar-refractivity contribution in [3.8, 4) is 6.07 Å². The number of hydrogen-bond donors (Lipinski definition) is 1. The van der Waals surface area contributed by atoms with Gasteiger partial charge in [-0.3, -0.25) is 0 Å². The number of morpholine rings is 1. The van der Waals surface area contributed by atoms with E-state index in [9.17, 15) is 5.26 Å². The van der Waals surface area contributed by atoms with Crippen molar-refractivity contribution in [2.24, 2.45) is 0 Å². The Labute approximate surface area is 205 Å². The van der Waals surface area contributed by atoms with E-state index in [2.05, 4.69) is 68.0 Å². The van der Waals surface area contributed by atoms with Crippen molar-refractivity contribution in [3.63, 3.8) is 0 Å². The molecule has 178 valence electrons. The van der Waals surface area contributed by atoms with Crippen molar-refractivity contribution in [3.05, 3.63) is 52.7 Å². The summed E-state index contributed by atoms with van der Waals surface area (Å²) < 4.78 is 12.1. The number of aryl methyl sites for hydroxylation is 1. The highest BCUT2D eigenvalue weighted by atomic mass is 32.2. The van der Waals surface area contributed by atoms with Gasteiger partial charge in [0.1, 0.15) is 16.9 Å². The van der Waals surface area contributed by atoms with Crippen molar-refractivity contribution >= 4 is 28.5 Å². The van der Waals surface area contributed by atoms with Gasteiger partial charge in [-0.15, -0.1) is 11.8 Å². The maximum atomic E-state index is 10.2. The number of nitrogens with one attached hydrogen (secondary N) is 1. The summed E-state index contributed by atoms with van der Waals surface area (Å²) in [5.41, 5.74) is 5.04. The first-order chi connectivity index (χ1) is 16.3. The average Bonchev–Trinajstić information content (AvgIpc) is 3.20. The van der Waals surface area contributed by atoms with E-state index >= 15 is 0 Å². The Morgan fingerprint density at radius 1 is 1.21 bits per heavy atom. The van der Waals surface area contributed by atoms with Gasteiger partial charge in [0.05, 0.1) is 30.0 Å². The lowest BCUT2D eigenvalue weighted by Gasteiger charge is -2.40. The molecule has 2 atom stereocenters. The molecule has 7 heteroatoms. The average molecular weight is 477 g/mol. The van der Waals surface area contributed by atoms with Crippen LogP contribution >= 0.6 is 11.8 Å². The zero-order valence-electron chi connectivity index (χ0n) is 20.4. The summed E-state index contributed by atoms with van der Waals surface area (Å²) in [6, 6.07) is 10.9. The fraction of sp³-hybridized carbons (Fsp3) is 0.481. The number of benzene rings is 1. The van der Waals surface area contributed by atoms with Crippen molar-refractivity contribution in [1.29, 1.82) is 5.26 Å². The number of ether oxygens (including phenoxy) is 2. The van der Waals surface area contributed by atoms with E-state index in [0.717, 1.165) is 52.8 Å². The maximum Gasteiger partial charge on any atom is 0.135 e. The van der Waals surface area contributed by atoms with Crippen molar-refractivity contribution in [2.45, 2.75) is 70.0 Å². The maximum absolute atomic E-state index is 10.2. The fourth-order valence-corrected chi connectivity index (χ4v) is 6.13. The number of nitrogens with zero attached hydrogens (tertiary/aromatic N) is 3. The van der Waals surface area contributed by atoms with Crippen LogP contribution in [-0.4, -0.2) is 46.6 Å². The number of fused-ring (bicyclic) bond motifs is 2. The third kappa shape index (κ3) is 4.55. The second kappa shape index (κ2) is 9.26. The zero-order valence-corrected chi connectivity index (χ0v) is 21.2. The minimum Gasteiger partial charge on any atom is -0.372 e. The van der Waals surface area contributed by atoms with Crippen LogP contribution in [0.2, 0.25) is 0 Å². The monoisotopic (exact) mass is 476 g/mol. The Bertz CT molecular complexity index is 1240. The topological polar surface area (TPSA) is 74.2 Å². The summed E-state index contributed by atoms with van der Waals surface area (Å²) >= 11 is 1.68. The predicted octanol–water partition coefficient (Wildman–Crippen LogP) is 5.23. The number of para-hydroxylation sites is 1. The van der Waals surface area contributed by atoms with Crippen LogP contribution in [0.5, 0.6) is 0 Å². The van der Waals surface area contributed by atoms with Crippen molar-refractivity contribution in [1.82, 2.24) is 9.97 Å². The summed E-state index contributed by atoms with van der Waals surface area (Å²) in [5.74, 6) is 1.82. The Kier molecular flexibility index (Phi) is 6.32. The van der Waals surface area contributed by atoms with Crippen LogP contribution in [0.3, 0.4) is 0 Å². The largest absolute Gasteiger partial charge is 0.372 e. The molecule has 0 bridgehead atoms. The number of aromatic amines is 1. The number of aromatic nitrogens is 2. The third-order valence-electron chi connectivity index (χ3n) is 6.68. The number of nitriles is 1. The highest BCUT2D eigenvalue weighted by Crippen LogP contribution is 2.39. The van der Waals surface area contributed by atoms with Gasteiger partial charge in [-0.2, -0.15) is 5.26 Å². The molecule has 0 spiro atoms. The van der Waals surface area contributed by atoms with E-state index in [-0.39, 0.29) is 17.8 Å². The quantitative estimate of drug-likeness (QED) is 0.508. The van der Waals surface area contributed by atoms with Crippen LogP contribution in [0.1, 0.15) is 49.9 Å². The predicted molar refractivity (Wildman–Crippen MR) is 136 cm³/mol. The normalized spacial score (nSPS) is 21.9. The molecular weight excluding hydrogens is 444 g/mol. The molecule has 1 N–H and O–H groups in total. The number of pyridine rings is 1. The van der Waals surface area contributed by atoms with Crippen LogP contribution in [0.15, 0.2) is 35.5 Å². The van der Waals surface area contributed by atoms with E-state index < -0.39 is 0 Å². The van der Waals surface area contributed by atoms with Gasteiger partial charge < -0.3 is 19.4 Å². The summed E-state index contributed by atoms with van der Waals surface area (Å²) in [4.78, 5) is 10.8. The van der Waals surface area contributed by atoms with Crippen LogP contribution < -0.4 is 4.90 Å². The molecule has 1 fully saturated rings. The summed E-state index contributed by atoms with van der Waals surface area (Å²) in [6.45, 7) is 10.5. The first kappa shape index (κ1) is 23.2. The Balaban J connectivity index is 1.47. The Morgan fingerprint density at radius 3 is 2.74 bits per heavy atom. The lowest BCUT2D eigenvalue weighted by molar-refractivity contribution is -0.0407. The van der Waals surface area contributed by atoms with Crippen LogP contribution in [0.25, 0.3) is 10.9 Å². The highest BCUT2D eigenvalue weighted by Gasteiger charge is 2.34. The molecule has 2 unspecified atom stereocenters. The van der Waals surface area contributed by atoms with E-state index in [4.69, 9.17) is 14.5 Å². The van der Waals surface area contributed by atoms with Gasteiger partial charge in [-0.05, 0) is 51.3 Å². The Morgan fingerprint density at radius 2 is 1.97 bits per heavy atom. The number of thioether (sulfide) groups is 1. The summed E-state index contributed by atoms with van der Waals surface area (Å²) in [6.07, 6.45) is 3.99. The molecule has 2 aliphatic heterocycles. The molecule has 0 amide bonds. The third-order valence-corrected chi connectivity index (χ3v) is 7.66. The second-order valence-electron chi connectivity index (χ2n) is 10.0. The molecule has 3 aromatic rings. The van der Waals surface area contributed by atoms with Gasteiger partial charge >= 0.3 is 0 Å². The molecule has 0 saturated carbocycles. The van der Waals surface area contributed by atoms with Gasteiger partial charge in [0, 0.05) is 47.9 Å². The molecule has 6 nitrogen and oxygen atoms in total. The lowest BCUT2D eigenvalue weighted by atomic mass is 9.89. The summed E-state index contributed by atoms with van der Waals surface area (Å²) in [5, 5.41) is 12.3. The smallest absolute Gasteiger partial charge is 0.135 e. The van der Waals surface area contributed by atoms with Gasteiger partial charge in [-0.25, -0.2) is 4.98 Å². The minimum atomic E-state index is -0.297. The van der Waals surface area contributed by atoms with Crippen molar-refractivity contribution < 1.29 is 9.47 Å². The van der Waals surface area contributed by atoms with Gasteiger partial charge in [0.15, 0.2) is 0 Å². The van der Waals surface area contributed by atoms with E-state index in [0.29, 0.717) is 18.6 Å². The molecular formula is C27H32N4O2S. The number of H-pyrrole nitrogens is 1. The zero-order chi connectivity index (χ0) is 23.9. The van der Waals surface area contributed by atoms with Gasteiger partial charge in [0.2, 0.25) is 0 Å². The fourth-order valence-electron chi connectivity index (χ4n) is 5.15. The van der Waals surface area contributed by atoms with Gasteiger partial charge in [-0.1, -0.05) is 18.2 Å². The second-order valence-corrected chi connectivity index (χ2v) is 11.1. The molecule has 34 heavy (non-hydrogen) atoms. The molecule has 4 heterocycles. The van der Waals surface area contributed by atoms with Gasteiger partial charge in [0.25, 0.3) is 0 Å². The molecule has 1 saturated heterocycles. The lowest BCUT2D eigenvalue weighted by Crippen LogP contribution is -2.47. The molecule has 0 aliphatic carbocycles. The van der Waals surface area contributed by atoms with Crippen LogP contribution in [0.4, 0.5) is 5.82 Å². The van der Waals surface area contributed by atoms with Crippen LogP contribution in [-0.2, 0) is 28.9 Å². The van der Waals surface area contributed by atoms with Crippen LogP contribution in [0, 0.1) is 11.3 Å². The standard InChI is InChI=1S/C27H32N4O2S/c1-17-14-31(15-18(2)33-17)25-23-16-32-27(3,4)11-21(23)22(12-28)26(30-25)34-10-9-19-13-29-24-8-6-5-7-20(19)24/h5-8,13,17-18,29H,9-11,14-16H2,1-4H3.